The van der Waals surface area contributed by atoms with Gasteiger partial charge in [0, 0.05) is 24.2 Å². The van der Waals surface area contributed by atoms with E-state index in [-0.39, 0.29) is 0 Å². The quantitative estimate of drug-likeness (QED) is 0.724. The molecule has 0 aliphatic heterocycles. The van der Waals surface area contributed by atoms with Crippen molar-refractivity contribution in [2.75, 3.05) is 0 Å². The molecule has 0 aromatic carbocycles. The van der Waals surface area contributed by atoms with Crippen molar-refractivity contribution in [2.45, 2.75) is 6.10 Å². The molecule has 72 valence electrons. The number of hydrogen-bond donors (Lipinski definition) is 2. The number of aliphatic hydroxyl groups excluding tert-OH is 1. The second-order valence-corrected chi connectivity index (χ2v) is 2.86. The maximum Gasteiger partial charge on any atom is 0.337 e. The summed E-state index contributed by atoms with van der Waals surface area (Å²) in [5, 5.41) is 18.0. The molecular formula is C9H8N2O3. The van der Waals surface area contributed by atoms with Crippen molar-refractivity contribution >= 4 is 11.6 Å². The van der Waals surface area contributed by atoms with Crippen LogP contribution >= 0.6 is 0 Å². The van der Waals surface area contributed by atoms with E-state index in [2.05, 4.69) is 4.98 Å². The van der Waals surface area contributed by atoms with E-state index in [0.29, 0.717) is 11.2 Å². The van der Waals surface area contributed by atoms with Crippen LogP contribution in [-0.2, 0) is 4.79 Å². The molecule has 2 heterocycles. The normalized spacial score (nSPS) is 12.9. The second kappa shape index (κ2) is 3.12. The van der Waals surface area contributed by atoms with Gasteiger partial charge in [-0.1, -0.05) is 6.07 Å². The van der Waals surface area contributed by atoms with Gasteiger partial charge in [0.2, 0.25) is 0 Å². The maximum atomic E-state index is 10.6. The van der Waals surface area contributed by atoms with Gasteiger partial charge in [-0.3, -0.25) is 0 Å². The number of fused-ring (bicyclic) bond motifs is 1. The van der Waals surface area contributed by atoms with Crippen molar-refractivity contribution < 1.29 is 15.0 Å². The van der Waals surface area contributed by atoms with Crippen LogP contribution in [0.1, 0.15) is 11.7 Å². The molecule has 0 spiro atoms. The van der Waals surface area contributed by atoms with Gasteiger partial charge >= 0.3 is 5.97 Å². The minimum absolute atomic E-state index is 0.296. The molecule has 1 atom stereocenters. The Labute approximate surface area is 79.2 Å². The highest BCUT2D eigenvalue weighted by Gasteiger charge is 2.19. The van der Waals surface area contributed by atoms with Gasteiger partial charge in [-0.2, -0.15) is 0 Å². The number of imidazole rings is 1. The average molecular weight is 192 g/mol. The largest absolute Gasteiger partial charge is 0.479 e. The summed E-state index contributed by atoms with van der Waals surface area (Å²) in [5.41, 5.74) is 0.757. The maximum absolute atomic E-state index is 10.6. The lowest BCUT2D eigenvalue weighted by Gasteiger charge is -2.06. The van der Waals surface area contributed by atoms with E-state index < -0.39 is 12.1 Å². The van der Waals surface area contributed by atoms with Crippen molar-refractivity contribution in [1.29, 1.82) is 0 Å². The van der Waals surface area contributed by atoms with E-state index in [1.54, 1.807) is 35.1 Å². The Morgan fingerprint density at radius 1 is 1.50 bits per heavy atom. The summed E-state index contributed by atoms with van der Waals surface area (Å²) in [6, 6.07) is 3.21. The van der Waals surface area contributed by atoms with Crippen LogP contribution in [0.25, 0.3) is 5.65 Å². The van der Waals surface area contributed by atoms with Crippen LogP contribution in [-0.4, -0.2) is 25.6 Å². The number of aliphatic carboxylic acids is 1. The number of nitrogens with zero attached hydrogens (tertiary/aromatic N) is 2. The van der Waals surface area contributed by atoms with Gasteiger partial charge < -0.3 is 14.6 Å². The highest BCUT2D eigenvalue weighted by Crippen LogP contribution is 2.17. The summed E-state index contributed by atoms with van der Waals surface area (Å²) in [4.78, 5) is 14.5. The molecule has 0 saturated carbocycles. The van der Waals surface area contributed by atoms with E-state index in [4.69, 9.17) is 5.11 Å². The number of carbonyl (C=O) groups is 1. The number of pyridine rings is 1. The molecule has 2 N–H and O–H groups in total. The molecule has 2 aromatic heterocycles. The SMILES string of the molecule is O=C(O)C(O)c1cccn2ccnc12. The first-order chi connectivity index (χ1) is 6.70. The van der Waals surface area contributed by atoms with Crippen molar-refractivity contribution in [2.24, 2.45) is 0 Å². The highest BCUT2D eigenvalue weighted by molar-refractivity contribution is 5.76. The van der Waals surface area contributed by atoms with E-state index in [0.717, 1.165) is 0 Å². The number of carboxylic acid groups (broad SMARTS) is 1. The fourth-order valence-corrected chi connectivity index (χ4v) is 1.32. The molecule has 0 saturated heterocycles. The van der Waals surface area contributed by atoms with Crippen LogP contribution in [0.4, 0.5) is 0 Å². The molecular weight excluding hydrogens is 184 g/mol. The predicted octanol–water partition coefficient (Wildman–Crippen LogP) is 0.452. The Morgan fingerprint density at radius 2 is 2.29 bits per heavy atom. The topological polar surface area (TPSA) is 74.8 Å². The Balaban J connectivity index is 2.61. The molecule has 1 unspecified atom stereocenters. The first kappa shape index (κ1) is 8.71. The zero-order chi connectivity index (χ0) is 10.1. The number of aromatic nitrogens is 2. The summed E-state index contributed by atoms with van der Waals surface area (Å²) in [5.74, 6) is -1.28. The smallest absolute Gasteiger partial charge is 0.337 e. The minimum atomic E-state index is -1.53. The molecule has 0 aliphatic carbocycles. The second-order valence-electron chi connectivity index (χ2n) is 2.86. The Hall–Kier alpha value is -1.88. The van der Waals surface area contributed by atoms with Crippen molar-refractivity contribution in [3.63, 3.8) is 0 Å². The summed E-state index contributed by atoms with van der Waals surface area (Å²) in [6.07, 6.45) is 3.45. The molecule has 0 fully saturated rings. The molecule has 14 heavy (non-hydrogen) atoms. The summed E-state index contributed by atoms with van der Waals surface area (Å²) in [6.45, 7) is 0. The molecule has 0 radical (unpaired) electrons. The van der Waals surface area contributed by atoms with Crippen molar-refractivity contribution in [1.82, 2.24) is 9.38 Å². The molecule has 0 aliphatic rings. The third-order valence-corrected chi connectivity index (χ3v) is 1.98. The summed E-state index contributed by atoms with van der Waals surface area (Å²) in [7, 11) is 0. The summed E-state index contributed by atoms with van der Waals surface area (Å²) < 4.78 is 1.65. The lowest BCUT2D eigenvalue weighted by molar-refractivity contribution is -0.146. The number of rotatable bonds is 2. The summed E-state index contributed by atoms with van der Waals surface area (Å²) >= 11 is 0. The first-order valence-electron chi connectivity index (χ1n) is 4.02. The Kier molecular flexibility index (Phi) is 1.94. The van der Waals surface area contributed by atoms with Crippen LogP contribution in [0.5, 0.6) is 0 Å². The first-order valence-corrected chi connectivity index (χ1v) is 4.02. The number of carboxylic acids is 1. The lowest BCUT2D eigenvalue weighted by atomic mass is 10.1. The fraction of sp³-hybridized carbons (Fsp3) is 0.111. The third-order valence-electron chi connectivity index (χ3n) is 1.98. The van der Waals surface area contributed by atoms with Crippen LogP contribution in [0.2, 0.25) is 0 Å². The number of aliphatic hydroxyl groups is 1. The average Bonchev–Trinajstić information content (AvgIpc) is 2.63. The van der Waals surface area contributed by atoms with Crippen molar-refractivity contribution in [3.8, 4) is 0 Å². The Morgan fingerprint density at radius 3 is 3.00 bits per heavy atom. The lowest BCUT2D eigenvalue weighted by Crippen LogP contribution is -2.11. The zero-order valence-electron chi connectivity index (χ0n) is 7.16. The predicted molar refractivity (Wildman–Crippen MR) is 47.8 cm³/mol. The van der Waals surface area contributed by atoms with E-state index in [9.17, 15) is 9.90 Å². The zero-order valence-corrected chi connectivity index (χ0v) is 7.16. The standard InChI is InChI=1S/C9H8N2O3/c12-7(9(13)14)6-2-1-4-11-5-3-10-8(6)11/h1-5,7,12H,(H,13,14). The van der Waals surface area contributed by atoms with Crippen LogP contribution in [0, 0.1) is 0 Å². The molecule has 0 bridgehead atoms. The van der Waals surface area contributed by atoms with Crippen LogP contribution < -0.4 is 0 Å². The van der Waals surface area contributed by atoms with Gasteiger partial charge in [0.25, 0.3) is 0 Å². The van der Waals surface area contributed by atoms with E-state index in [1.807, 2.05) is 0 Å². The molecule has 2 aromatic rings. The van der Waals surface area contributed by atoms with Gasteiger partial charge in [0.1, 0.15) is 5.65 Å². The number of hydrogen-bond acceptors (Lipinski definition) is 3. The minimum Gasteiger partial charge on any atom is -0.479 e. The third kappa shape index (κ3) is 1.23. The van der Waals surface area contributed by atoms with Gasteiger partial charge in [-0.15, -0.1) is 0 Å². The monoisotopic (exact) mass is 192 g/mol. The van der Waals surface area contributed by atoms with Gasteiger partial charge in [-0.05, 0) is 6.07 Å². The van der Waals surface area contributed by atoms with Crippen LogP contribution in [0.3, 0.4) is 0 Å². The molecule has 5 nitrogen and oxygen atoms in total. The fourth-order valence-electron chi connectivity index (χ4n) is 1.32. The van der Waals surface area contributed by atoms with Crippen LogP contribution in [0.15, 0.2) is 30.7 Å². The van der Waals surface area contributed by atoms with Gasteiger partial charge in [0.15, 0.2) is 6.10 Å². The van der Waals surface area contributed by atoms with E-state index in [1.165, 1.54) is 0 Å². The van der Waals surface area contributed by atoms with E-state index >= 15 is 0 Å². The van der Waals surface area contributed by atoms with Crippen molar-refractivity contribution in [3.05, 3.63) is 36.3 Å². The van der Waals surface area contributed by atoms with Gasteiger partial charge in [0.05, 0.1) is 0 Å². The Bertz CT molecular complexity index is 478. The van der Waals surface area contributed by atoms with Gasteiger partial charge in [-0.25, -0.2) is 9.78 Å². The molecule has 5 heteroatoms. The highest BCUT2D eigenvalue weighted by atomic mass is 16.4. The molecule has 0 amide bonds. The molecule has 2 rings (SSSR count).